The molecule has 1 aromatic heterocycles. The molecule has 1 N–H and O–H groups in total. The van der Waals surface area contributed by atoms with E-state index in [-0.39, 0.29) is 0 Å². The lowest BCUT2D eigenvalue weighted by atomic mass is 9.96. The van der Waals surface area contributed by atoms with Crippen molar-refractivity contribution in [2.24, 2.45) is 0 Å². The van der Waals surface area contributed by atoms with Gasteiger partial charge in [-0.25, -0.2) is 4.68 Å². The number of fused-ring (bicyclic) bond motifs is 1. The van der Waals surface area contributed by atoms with Crippen molar-refractivity contribution in [2.45, 2.75) is 58.4 Å². The minimum absolute atomic E-state index is 0.653. The van der Waals surface area contributed by atoms with Crippen LogP contribution in [-0.4, -0.2) is 16.3 Å². The summed E-state index contributed by atoms with van der Waals surface area (Å²) in [7, 11) is 0. The molecule has 3 nitrogen and oxygen atoms in total. The number of aryl methyl sites for hydroxylation is 1. The number of nitrogens with zero attached hydrogens (tertiary/aromatic N) is 2. The molecule has 1 aliphatic heterocycles. The van der Waals surface area contributed by atoms with E-state index in [9.17, 15) is 0 Å². The van der Waals surface area contributed by atoms with E-state index in [0.29, 0.717) is 5.92 Å². The van der Waals surface area contributed by atoms with Crippen LogP contribution in [0.2, 0.25) is 0 Å². The molecule has 0 fully saturated rings. The van der Waals surface area contributed by atoms with E-state index >= 15 is 0 Å². The van der Waals surface area contributed by atoms with E-state index in [1.165, 1.54) is 43.6 Å². The van der Waals surface area contributed by atoms with E-state index in [4.69, 9.17) is 5.10 Å². The van der Waals surface area contributed by atoms with Gasteiger partial charge >= 0.3 is 0 Å². The molecule has 2 rings (SSSR count). The average molecular weight is 221 g/mol. The molecule has 90 valence electrons. The van der Waals surface area contributed by atoms with Gasteiger partial charge in [0.1, 0.15) is 5.82 Å². The maximum absolute atomic E-state index is 4.73. The molecule has 0 radical (unpaired) electrons. The van der Waals surface area contributed by atoms with Gasteiger partial charge in [0.2, 0.25) is 0 Å². The van der Waals surface area contributed by atoms with Crippen LogP contribution in [0.1, 0.15) is 57.6 Å². The molecule has 1 unspecified atom stereocenters. The lowest BCUT2D eigenvalue weighted by molar-refractivity contribution is 0.522. The Hall–Kier alpha value is -0.990. The summed E-state index contributed by atoms with van der Waals surface area (Å²) < 4.78 is 2.13. The molecule has 1 atom stereocenters. The van der Waals surface area contributed by atoms with Gasteiger partial charge in [0, 0.05) is 25.1 Å². The zero-order valence-corrected chi connectivity index (χ0v) is 10.5. The first kappa shape index (κ1) is 11.5. The maximum Gasteiger partial charge on any atom is 0.124 e. The van der Waals surface area contributed by atoms with Gasteiger partial charge in [0.15, 0.2) is 0 Å². The Morgan fingerprint density at radius 3 is 3.06 bits per heavy atom. The second kappa shape index (κ2) is 5.37. The van der Waals surface area contributed by atoms with Crippen molar-refractivity contribution in [1.29, 1.82) is 0 Å². The summed E-state index contributed by atoms with van der Waals surface area (Å²) in [5, 5.41) is 8.15. The molecule has 16 heavy (non-hydrogen) atoms. The first-order valence-corrected chi connectivity index (χ1v) is 6.66. The van der Waals surface area contributed by atoms with Crippen LogP contribution in [0.15, 0.2) is 6.07 Å². The van der Waals surface area contributed by atoms with Crippen molar-refractivity contribution in [2.75, 3.05) is 11.9 Å². The molecule has 0 saturated carbocycles. The highest BCUT2D eigenvalue weighted by molar-refractivity contribution is 5.39. The smallest absolute Gasteiger partial charge is 0.124 e. The predicted molar refractivity (Wildman–Crippen MR) is 67.9 cm³/mol. The van der Waals surface area contributed by atoms with Crippen molar-refractivity contribution in [3.8, 4) is 0 Å². The van der Waals surface area contributed by atoms with Gasteiger partial charge in [0.05, 0.1) is 5.69 Å². The molecular formula is C13H23N3. The lowest BCUT2D eigenvalue weighted by Gasteiger charge is -2.14. The number of rotatable bonds is 5. The molecular weight excluding hydrogens is 198 g/mol. The molecule has 0 saturated heterocycles. The largest absolute Gasteiger partial charge is 0.370 e. The van der Waals surface area contributed by atoms with Crippen LogP contribution in [0.3, 0.4) is 0 Å². The van der Waals surface area contributed by atoms with E-state index < -0.39 is 0 Å². The number of unbranched alkanes of at least 4 members (excludes halogenated alkanes) is 1. The minimum atomic E-state index is 0.653. The van der Waals surface area contributed by atoms with Gasteiger partial charge < -0.3 is 5.32 Å². The monoisotopic (exact) mass is 221 g/mol. The van der Waals surface area contributed by atoms with Crippen molar-refractivity contribution >= 4 is 5.82 Å². The summed E-state index contributed by atoms with van der Waals surface area (Å²) in [6.07, 6.45) is 6.27. The first-order chi connectivity index (χ1) is 7.85. The third-order valence-corrected chi connectivity index (χ3v) is 3.47. The Labute approximate surface area is 98.2 Å². The van der Waals surface area contributed by atoms with Gasteiger partial charge in [-0.1, -0.05) is 26.7 Å². The van der Waals surface area contributed by atoms with E-state index in [0.717, 1.165) is 13.1 Å². The van der Waals surface area contributed by atoms with E-state index in [1.54, 1.807) is 0 Å². The quantitative estimate of drug-likeness (QED) is 0.826. The SMILES string of the molecule is CCCCC(CC)c1cc2n(n1)CCCN2. The maximum atomic E-state index is 4.73. The molecule has 0 amide bonds. The van der Waals surface area contributed by atoms with Crippen LogP contribution in [0.4, 0.5) is 5.82 Å². The standard InChI is InChI=1S/C13H23N3/c1-3-5-7-11(4-2)12-10-13-14-8-6-9-16(13)15-12/h10-11,14H,3-9H2,1-2H3. The Morgan fingerprint density at radius 1 is 1.50 bits per heavy atom. The normalized spacial score (nSPS) is 16.6. The van der Waals surface area contributed by atoms with E-state index in [2.05, 4.69) is 29.9 Å². The predicted octanol–water partition coefficient (Wildman–Crippen LogP) is 3.38. The van der Waals surface area contributed by atoms with Crippen molar-refractivity contribution < 1.29 is 0 Å². The highest BCUT2D eigenvalue weighted by Crippen LogP contribution is 2.27. The highest BCUT2D eigenvalue weighted by atomic mass is 15.3. The van der Waals surface area contributed by atoms with Gasteiger partial charge in [-0.15, -0.1) is 0 Å². The molecule has 1 aliphatic rings. The van der Waals surface area contributed by atoms with Crippen LogP contribution >= 0.6 is 0 Å². The molecule has 0 bridgehead atoms. The summed E-state index contributed by atoms with van der Waals surface area (Å²) in [5.74, 6) is 1.87. The van der Waals surface area contributed by atoms with Gasteiger partial charge in [0.25, 0.3) is 0 Å². The number of hydrogen-bond donors (Lipinski definition) is 1. The summed E-state index contributed by atoms with van der Waals surface area (Å²) in [5.41, 5.74) is 1.29. The van der Waals surface area contributed by atoms with Crippen LogP contribution in [-0.2, 0) is 6.54 Å². The Morgan fingerprint density at radius 2 is 2.38 bits per heavy atom. The Kier molecular flexibility index (Phi) is 3.86. The Bertz CT molecular complexity index is 306. The minimum Gasteiger partial charge on any atom is -0.370 e. The fraction of sp³-hybridized carbons (Fsp3) is 0.769. The van der Waals surface area contributed by atoms with Crippen LogP contribution in [0, 0.1) is 0 Å². The highest BCUT2D eigenvalue weighted by Gasteiger charge is 2.17. The summed E-state index contributed by atoms with van der Waals surface area (Å²) in [6.45, 7) is 6.70. The van der Waals surface area contributed by atoms with Crippen molar-refractivity contribution in [1.82, 2.24) is 9.78 Å². The summed E-state index contributed by atoms with van der Waals surface area (Å²) in [4.78, 5) is 0. The molecule has 2 heterocycles. The average Bonchev–Trinajstić information content (AvgIpc) is 2.73. The number of anilines is 1. The molecule has 0 aliphatic carbocycles. The molecule has 0 aromatic carbocycles. The molecule has 3 heteroatoms. The number of hydrogen-bond acceptors (Lipinski definition) is 2. The van der Waals surface area contributed by atoms with Crippen molar-refractivity contribution in [3.63, 3.8) is 0 Å². The zero-order valence-electron chi connectivity index (χ0n) is 10.5. The third kappa shape index (κ3) is 2.39. The first-order valence-electron chi connectivity index (χ1n) is 6.66. The molecule has 0 spiro atoms. The fourth-order valence-electron chi connectivity index (χ4n) is 2.41. The topological polar surface area (TPSA) is 29.9 Å². The lowest BCUT2D eigenvalue weighted by Crippen LogP contribution is -2.17. The summed E-state index contributed by atoms with van der Waals surface area (Å²) in [6, 6.07) is 2.25. The zero-order chi connectivity index (χ0) is 11.4. The van der Waals surface area contributed by atoms with Crippen LogP contribution in [0.25, 0.3) is 0 Å². The third-order valence-electron chi connectivity index (χ3n) is 3.47. The Balaban J connectivity index is 2.09. The fourth-order valence-corrected chi connectivity index (χ4v) is 2.41. The second-order valence-corrected chi connectivity index (χ2v) is 4.71. The van der Waals surface area contributed by atoms with Crippen LogP contribution < -0.4 is 5.32 Å². The summed E-state index contributed by atoms with van der Waals surface area (Å²) >= 11 is 0. The number of aromatic nitrogens is 2. The van der Waals surface area contributed by atoms with Crippen molar-refractivity contribution in [3.05, 3.63) is 11.8 Å². The molecule has 1 aromatic rings. The van der Waals surface area contributed by atoms with Crippen LogP contribution in [0.5, 0.6) is 0 Å². The van der Waals surface area contributed by atoms with Gasteiger partial charge in [-0.05, 0) is 19.3 Å². The van der Waals surface area contributed by atoms with E-state index in [1.807, 2.05) is 0 Å². The van der Waals surface area contributed by atoms with Gasteiger partial charge in [-0.2, -0.15) is 5.10 Å². The second-order valence-electron chi connectivity index (χ2n) is 4.71. The number of nitrogens with one attached hydrogen (secondary N) is 1. The van der Waals surface area contributed by atoms with Gasteiger partial charge in [-0.3, -0.25) is 0 Å².